The molecule has 18 heavy (non-hydrogen) atoms. The summed E-state index contributed by atoms with van der Waals surface area (Å²) in [6, 6.07) is 8.35. The maximum Gasteiger partial charge on any atom is 0.0842 e. The lowest BCUT2D eigenvalue weighted by atomic mass is 9.99. The second-order valence-corrected chi connectivity index (χ2v) is 7.46. The molecule has 2 aromatic rings. The molecule has 1 nitrogen and oxygen atoms in total. The largest absolute Gasteiger partial charge is 0.388 e. The van der Waals surface area contributed by atoms with E-state index in [9.17, 15) is 5.11 Å². The summed E-state index contributed by atoms with van der Waals surface area (Å²) in [6.45, 7) is 9.04. The summed E-state index contributed by atoms with van der Waals surface area (Å²) in [5, 5.41) is 14.1. The third-order valence-electron chi connectivity index (χ3n) is 5.28. The van der Waals surface area contributed by atoms with Crippen LogP contribution in [0.4, 0.5) is 0 Å². The molecule has 2 heteroatoms. The fraction of sp³-hybridized carbons (Fsp3) is 0.500. The molecule has 0 spiro atoms. The van der Waals surface area contributed by atoms with E-state index in [1.807, 2.05) is 0 Å². The first kappa shape index (κ1) is 12.2. The Bertz CT molecular complexity index is 580. The van der Waals surface area contributed by atoms with Crippen LogP contribution >= 0.6 is 11.3 Å². The highest BCUT2D eigenvalue weighted by Gasteiger charge is 2.67. The summed E-state index contributed by atoms with van der Waals surface area (Å²) in [6.07, 6.45) is -0.342. The van der Waals surface area contributed by atoms with E-state index in [0.29, 0.717) is 5.92 Å². The van der Waals surface area contributed by atoms with Crippen LogP contribution in [0.15, 0.2) is 29.6 Å². The van der Waals surface area contributed by atoms with E-state index in [1.165, 1.54) is 10.1 Å². The van der Waals surface area contributed by atoms with Gasteiger partial charge in [0.05, 0.1) is 6.10 Å². The zero-order chi connectivity index (χ0) is 13.1. The number of thiophene rings is 1. The average Bonchev–Trinajstić information content (AvgIpc) is 2.66. The van der Waals surface area contributed by atoms with Gasteiger partial charge in [-0.1, -0.05) is 45.9 Å². The molecule has 0 radical (unpaired) electrons. The van der Waals surface area contributed by atoms with Gasteiger partial charge in [-0.05, 0) is 33.2 Å². The van der Waals surface area contributed by atoms with E-state index in [-0.39, 0.29) is 16.9 Å². The Hall–Kier alpha value is -0.860. The maximum absolute atomic E-state index is 10.7. The highest BCUT2D eigenvalue weighted by molar-refractivity contribution is 7.17. The summed E-state index contributed by atoms with van der Waals surface area (Å²) < 4.78 is 1.27. The molecule has 0 saturated heterocycles. The molecule has 1 atom stereocenters. The third-order valence-corrected chi connectivity index (χ3v) is 6.26. The van der Waals surface area contributed by atoms with Gasteiger partial charge in [0.15, 0.2) is 0 Å². The molecule has 1 unspecified atom stereocenters. The van der Waals surface area contributed by atoms with Gasteiger partial charge in [0.1, 0.15) is 0 Å². The molecule has 1 N–H and O–H groups in total. The molecule has 1 aliphatic rings. The quantitative estimate of drug-likeness (QED) is 0.835. The topological polar surface area (TPSA) is 20.2 Å². The second kappa shape index (κ2) is 3.58. The molecular formula is C16H20OS. The van der Waals surface area contributed by atoms with Crippen molar-refractivity contribution in [3.8, 4) is 0 Å². The first-order valence-corrected chi connectivity index (χ1v) is 7.39. The Morgan fingerprint density at radius 2 is 1.72 bits per heavy atom. The average molecular weight is 260 g/mol. The monoisotopic (exact) mass is 260 g/mol. The van der Waals surface area contributed by atoms with Crippen molar-refractivity contribution in [1.29, 1.82) is 0 Å². The fourth-order valence-corrected chi connectivity index (χ4v) is 4.43. The number of aliphatic hydroxyl groups is 1. The highest BCUT2D eigenvalue weighted by Crippen LogP contribution is 2.72. The lowest BCUT2D eigenvalue weighted by Crippen LogP contribution is -2.04. The van der Waals surface area contributed by atoms with Gasteiger partial charge in [-0.15, -0.1) is 11.3 Å². The Morgan fingerprint density at radius 3 is 2.33 bits per heavy atom. The van der Waals surface area contributed by atoms with Gasteiger partial charge in [0.25, 0.3) is 0 Å². The summed E-state index contributed by atoms with van der Waals surface area (Å²) in [7, 11) is 0. The number of benzene rings is 1. The van der Waals surface area contributed by atoms with Gasteiger partial charge in [-0.2, -0.15) is 0 Å². The van der Waals surface area contributed by atoms with Crippen LogP contribution in [0.1, 0.15) is 39.4 Å². The smallest absolute Gasteiger partial charge is 0.0842 e. The number of rotatable bonds is 2. The number of hydrogen-bond donors (Lipinski definition) is 1. The molecule has 96 valence electrons. The molecule has 0 aliphatic heterocycles. The van der Waals surface area contributed by atoms with Crippen molar-refractivity contribution in [2.75, 3.05) is 0 Å². The zero-order valence-corrected chi connectivity index (χ0v) is 12.2. The van der Waals surface area contributed by atoms with E-state index in [2.05, 4.69) is 57.3 Å². The highest BCUT2D eigenvalue weighted by atomic mass is 32.1. The van der Waals surface area contributed by atoms with Crippen molar-refractivity contribution in [1.82, 2.24) is 0 Å². The van der Waals surface area contributed by atoms with E-state index in [0.717, 1.165) is 5.56 Å². The fourth-order valence-electron chi connectivity index (χ4n) is 3.44. The summed E-state index contributed by atoms with van der Waals surface area (Å²) in [4.78, 5) is 0. The molecular weight excluding hydrogens is 240 g/mol. The van der Waals surface area contributed by atoms with Gasteiger partial charge < -0.3 is 5.11 Å². The van der Waals surface area contributed by atoms with Crippen molar-refractivity contribution in [2.45, 2.75) is 33.8 Å². The van der Waals surface area contributed by atoms with Gasteiger partial charge in [0.2, 0.25) is 0 Å². The first-order chi connectivity index (χ1) is 8.37. The van der Waals surface area contributed by atoms with Crippen molar-refractivity contribution in [2.24, 2.45) is 16.7 Å². The van der Waals surface area contributed by atoms with Crippen LogP contribution in [0.25, 0.3) is 10.1 Å². The minimum absolute atomic E-state index is 0.218. The van der Waals surface area contributed by atoms with Crippen LogP contribution in [0.3, 0.4) is 0 Å². The van der Waals surface area contributed by atoms with E-state index in [1.54, 1.807) is 11.3 Å². The van der Waals surface area contributed by atoms with Crippen LogP contribution in [0.2, 0.25) is 0 Å². The molecule has 1 saturated carbocycles. The predicted molar refractivity (Wildman–Crippen MR) is 77.8 cm³/mol. The third kappa shape index (κ3) is 1.42. The number of hydrogen-bond acceptors (Lipinski definition) is 2. The molecule has 1 aromatic heterocycles. The minimum atomic E-state index is -0.342. The maximum atomic E-state index is 10.7. The van der Waals surface area contributed by atoms with Gasteiger partial charge in [-0.25, -0.2) is 0 Å². The molecule has 0 bridgehead atoms. The second-order valence-electron chi connectivity index (χ2n) is 6.55. The molecule has 1 aliphatic carbocycles. The zero-order valence-electron chi connectivity index (χ0n) is 11.4. The van der Waals surface area contributed by atoms with Crippen LogP contribution in [-0.2, 0) is 0 Å². The number of aliphatic hydroxyl groups excluding tert-OH is 1. The van der Waals surface area contributed by atoms with E-state index < -0.39 is 0 Å². The summed E-state index contributed by atoms with van der Waals surface area (Å²) in [5.74, 6) is 0.350. The van der Waals surface area contributed by atoms with Crippen molar-refractivity contribution in [3.05, 3.63) is 35.2 Å². The van der Waals surface area contributed by atoms with Crippen LogP contribution in [0.5, 0.6) is 0 Å². The lowest BCUT2D eigenvalue weighted by Gasteiger charge is -2.12. The van der Waals surface area contributed by atoms with Crippen molar-refractivity contribution >= 4 is 21.4 Å². The molecule has 1 heterocycles. The van der Waals surface area contributed by atoms with Gasteiger partial charge in [0, 0.05) is 10.6 Å². The summed E-state index contributed by atoms with van der Waals surface area (Å²) >= 11 is 1.73. The normalized spacial score (nSPS) is 23.2. The SMILES string of the molecule is CC1(C)C(C(O)c2csc3ccccc23)C1(C)C. The van der Waals surface area contributed by atoms with Crippen molar-refractivity contribution < 1.29 is 5.11 Å². The van der Waals surface area contributed by atoms with E-state index in [4.69, 9.17) is 0 Å². The standard InChI is InChI=1S/C16H20OS/c1-15(2)14(16(15,3)4)13(17)11-9-18-12-8-6-5-7-10(11)12/h5-9,13-14,17H,1-4H3. The molecule has 0 amide bonds. The molecule has 3 rings (SSSR count). The Balaban J connectivity index is 2.02. The molecule has 1 fully saturated rings. The Morgan fingerprint density at radius 1 is 1.11 bits per heavy atom. The first-order valence-electron chi connectivity index (χ1n) is 6.51. The van der Waals surface area contributed by atoms with Crippen LogP contribution in [-0.4, -0.2) is 5.11 Å². The van der Waals surface area contributed by atoms with Gasteiger partial charge >= 0.3 is 0 Å². The van der Waals surface area contributed by atoms with Gasteiger partial charge in [-0.3, -0.25) is 0 Å². The lowest BCUT2D eigenvalue weighted by molar-refractivity contribution is 0.132. The number of fused-ring (bicyclic) bond motifs is 1. The summed E-state index contributed by atoms with van der Waals surface area (Å²) in [5.41, 5.74) is 1.55. The predicted octanol–water partition coefficient (Wildman–Crippen LogP) is 4.62. The molecule has 1 aromatic carbocycles. The van der Waals surface area contributed by atoms with Crippen LogP contribution in [0, 0.1) is 16.7 Å². The van der Waals surface area contributed by atoms with Crippen LogP contribution < -0.4 is 0 Å². The Labute approximate surface area is 112 Å². The van der Waals surface area contributed by atoms with E-state index >= 15 is 0 Å². The van der Waals surface area contributed by atoms with Crippen molar-refractivity contribution in [3.63, 3.8) is 0 Å². The Kier molecular flexibility index (Phi) is 2.43. The minimum Gasteiger partial charge on any atom is -0.388 e.